The van der Waals surface area contributed by atoms with Gasteiger partial charge < -0.3 is 0 Å². The van der Waals surface area contributed by atoms with Crippen molar-refractivity contribution in [1.29, 1.82) is 0 Å². The van der Waals surface area contributed by atoms with Gasteiger partial charge in [-0.2, -0.15) is 0 Å². The van der Waals surface area contributed by atoms with E-state index < -0.39 is 60.4 Å². The first kappa shape index (κ1) is 15.6. The summed E-state index contributed by atoms with van der Waals surface area (Å²) in [7, 11) is 0. The lowest BCUT2D eigenvalue weighted by atomic mass is 10.00. The van der Waals surface area contributed by atoms with Crippen LogP contribution in [-0.4, -0.2) is 15.0 Å². The largest absolute Gasteiger partial charge is 0.208 e. The average Bonchev–Trinajstić information content (AvgIpc) is 3.53. The van der Waals surface area contributed by atoms with Crippen molar-refractivity contribution in [2.24, 2.45) is 0 Å². The summed E-state index contributed by atoms with van der Waals surface area (Å²) < 4.78 is 85.6. The highest BCUT2D eigenvalue weighted by atomic mass is 32.1. The van der Waals surface area contributed by atoms with Crippen molar-refractivity contribution in [3.05, 3.63) is 139 Å². The lowest BCUT2D eigenvalue weighted by molar-refractivity contribution is 1.07. The van der Waals surface area contributed by atoms with Crippen molar-refractivity contribution in [1.82, 2.24) is 15.0 Å². The fraction of sp³-hybridized carbons (Fsp3) is 0. The normalized spacial score (nSPS) is 14.8. The van der Waals surface area contributed by atoms with Gasteiger partial charge >= 0.3 is 0 Å². The van der Waals surface area contributed by atoms with Crippen molar-refractivity contribution in [2.75, 3.05) is 0 Å². The lowest BCUT2D eigenvalue weighted by Crippen LogP contribution is -2.00. The molecule has 0 N–H and O–H groups in total. The number of fused-ring (bicyclic) bond motifs is 5. The van der Waals surface area contributed by atoms with Gasteiger partial charge in [0.15, 0.2) is 17.5 Å². The zero-order chi connectivity index (χ0) is 35.9. The van der Waals surface area contributed by atoms with Crippen LogP contribution in [0.2, 0.25) is 0 Å². The average molecular weight is 552 g/mol. The van der Waals surface area contributed by atoms with E-state index in [1.165, 1.54) is 15.5 Å². The molecular formula is C37H23N3S. The van der Waals surface area contributed by atoms with Crippen molar-refractivity contribution in [2.45, 2.75) is 0 Å². The van der Waals surface area contributed by atoms with Crippen LogP contribution in [0, 0.1) is 0 Å². The Balaban J connectivity index is 1.34. The Morgan fingerprint density at radius 1 is 0.463 bits per heavy atom. The first-order valence-electron chi connectivity index (χ1n) is 17.8. The molecule has 0 unspecified atom stereocenters. The van der Waals surface area contributed by atoms with Crippen LogP contribution in [0.4, 0.5) is 0 Å². The standard InChI is InChI=1S/C37H23N3S/c1-3-11-25(12-4-1)35-38-36(26-13-5-2-6-14-26)40-37(39-35)29-16-9-15-27(22-29)28-19-21-33-32(23-28)31-20-18-24-10-7-8-17-30(24)34(31)41-33/h1-23H/i1D,2D,3D,4D,5D,6D,11D,12D,13D,14D. The maximum atomic E-state index is 8.57. The van der Waals surface area contributed by atoms with Gasteiger partial charge in [-0.1, -0.05) is 121 Å². The van der Waals surface area contributed by atoms with Gasteiger partial charge in [0.05, 0.1) is 13.7 Å². The van der Waals surface area contributed by atoms with E-state index in [9.17, 15) is 0 Å². The minimum Gasteiger partial charge on any atom is -0.208 e. The fourth-order valence-corrected chi connectivity index (χ4v) is 6.19. The predicted molar refractivity (Wildman–Crippen MR) is 172 cm³/mol. The lowest BCUT2D eigenvalue weighted by Gasteiger charge is -2.10. The van der Waals surface area contributed by atoms with Crippen LogP contribution in [0.5, 0.6) is 0 Å². The minimum absolute atomic E-state index is 0.0176. The van der Waals surface area contributed by atoms with Crippen LogP contribution in [-0.2, 0) is 0 Å². The van der Waals surface area contributed by atoms with Crippen LogP contribution in [0.25, 0.3) is 76.2 Å². The molecule has 0 bridgehead atoms. The number of aromatic nitrogens is 3. The maximum absolute atomic E-state index is 8.57. The second kappa shape index (κ2) is 9.77. The first-order valence-corrected chi connectivity index (χ1v) is 13.6. The van der Waals surface area contributed by atoms with Gasteiger partial charge in [-0.15, -0.1) is 11.3 Å². The molecule has 192 valence electrons. The molecule has 0 saturated carbocycles. The Morgan fingerprint density at radius 3 is 1.83 bits per heavy atom. The third-order valence-electron chi connectivity index (χ3n) is 6.90. The highest BCUT2D eigenvalue weighted by Crippen LogP contribution is 2.40. The summed E-state index contributed by atoms with van der Waals surface area (Å²) in [5, 5.41) is 4.62. The Bertz CT molecular complexity index is 2640. The van der Waals surface area contributed by atoms with Gasteiger partial charge in [-0.05, 0) is 40.1 Å². The van der Waals surface area contributed by atoms with Gasteiger partial charge in [0, 0.05) is 36.9 Å². The predicted octanol–water partition coefficient (Wildman–Crippen LogP) is 10.1. The van der Waals surface area contributed by atoms with Crippen molar-refractivity contribution < 1.29 is 13.7 Å². The number of nitrogens with zero attached hydrogens (tertiary/aromatic N) is 3. The molecule has 0 atom stereocenters. The van der Waals surface area contributed by atoms with Gasteiger partial charge in [0.25, 0.3) is 0 Å². The first-order chi connectivity index (χ1) is 24.4. The molecule has 0 fully saturated rings. The van der Waals surface area contributed by atoms with Gasteiger partial charge in [-0.3, -0.25) is 0 Å². The third kappa shape index (κ3) is 4.26. The van der Waals surface area contributed by atoms with Crippen LogP contribution >= 0.6 is 11.3 Å². The Labute approximate surface area is 255 Å². The van der Waals surface area contributed by atoms with E-state index in [2.05, 4.69) is 51.4 Å². The molecule has 0 spiro atoms. The van der Waals surface area contributed by atoms with E-state index in [1.807, 2.05) is 36.4 Å². The van der Waals surface area contributed by atoms with E-state index in [0.29, 0.717) is 5.56 Å². The Morgan fingerprint density at radius 2 is 1.10 bits per heavy atom. The maximum Gasteiger partial charge on any atom is 0.164 e. The summed E-state index contributed by atoms with van der Waals surface area (Å²) in [6.07, 6.45) is 0. The van der Waals surface area contributed by atoms with Gasteiger partial charge in [0.2, 0.25) is 0 Å². The summed E-state index contributed by atoms with van der Waals surface area (Å²) >= 11 is 1.74. The molecule has 3 nitrogen and oxygen atoms in total. The molecule has 4 heteroatoms. The molecule has 41 heavy (non-hydrogen) atoms. The zero-order valence-corrected chi connectivity index (χ0v) is 22.1. The third-order valence-corrected chi connectivity index (χ3v) is 8.12. The second-order valence-corrected chi connectivity index (χ2v) is 10.4. The summed E-state index contributed by atoms with van der Waals surface area (Å²) in [6.45, 7) is 0. The van der Waals surface area contributed by atoms with Crippen molar-refractivity contribution in [3.63, 3.8) is 0 Å². The van der Waals surface area contributed by atoms with Crippen LogP contribution in [0.1, 0.15) is 13.7 Å². The summed E-state index contributed by atoms with van der Waals surface area (Å²) in [5.74, 6) is -0.589. The molecule has 0 aliphatic rings. The molecule has 0 amide bonds. The molecule has 0 aliphatic carbocycles. The monoisotopic (exact) mass is 551 g/mol. The van der Waals surface area contributed by atoms with E-state index >= 15 is 0 Å². The van der Waals surface area contributed by atoms with Crippen molar-refractivity contribution >= 4 is 42.3 Å². The Kier molecular flexibility index (Phi) is 3.71. The smallest absolute Gasteiger partial charge is 0.164 e. The SMILES string of the molecule is [2H]c1c([2H])c([2H])c(-c2nc(-c3cccc(-c4ccc5sc6c7ccccc7ccc6c5c4)c3)nc(-c3c([2H])c([2H])c([2H])c([2H])c3[2H])n2)c([2H])c1[2H]. The molecular weight excluding hydrogens is 518 g/mol. The van der Waals surface area contributed by atoms with Crippen LogP contribution in [0.15, 0.2) is 139 Å². The second-order valence-electron chi connectivity index (χ2n) is 9.36. The topological polar surface area (TPSA) is 38.7 Å². The Hall–Kier alpha value is -5.19. The molecule has 2 heterocycles. The molecule has 8 rings (SSSR count). The van der Waals surface area contributed by atoms with Crippen molar-refractivity contribution in [3.8, 4) is 45.3 Å². The van der Waals surface area contributed by atoms with Crippen LogP contribution < -0.4 is 0 Å². The molecule has 0 aliphatic heterocycles. The summed E-state index contributed by atoms with van der Waals surface area (Å²) in [6, 6.07) is 20.4. The fourth-order valence-electron chi connectivity index (χ4n) is 4.97. The number of rotatable bonds is 4. The molecule has 6 aromatic carbocycles. The van der Waals surface area contributed by atoms with E-state index in [4.69, 9.17) is 13.7 Å². The van der Waals surface area contributed by atoms with E-state index in [-0.39, 0.29) is 28.6 Å². The quantitative estimate of drug-likeness (QED) is 0.218. The van der Waals surface area contributed by atoms with E-state index in [1.54, 1.807) is 17.4 Å². The minimum atomic E-state index is -0.594. The zero-order valence-electron chi connectivity index (χ0n) is 31.3. The number of benzene rings is 6. The highest BCUT2D eigenvalue weighted by Gasteiger charge is 2.14. The number of hydrogen-bond donors (Lipinski definition) is 0. The van der Waals surface area contributed by atoms with E-state index in [0.717, 1.165) is 26.6 Å². The molecule has 2 aromatic heterocycles. The number of hydrogen-bond acceptors (Lipinski definition) is 4. The summed E-state index contributed by atoms with van der Waals surface area (Å²) in [5.41, 5.74) is 1.60. The molecule has 8 aromatic rings. The van der Waals surface area contributed by atoms with Gasteiger partial charge in [-0.25, -0.2) is 15.0 Å². The highest BCUT2D eigenvalue weighted by molar-refractivity contribution is 7.26. The summed E-state index contributed by atoms with van der Waals surface area (Å²) in [4.78, 5) is 13.5. The molecule has 0 radical (unpaired) electrons. The molecule has 0 saturated heterocycles. The van der Waals surface area contributed by atoms with Crippen LogP contribution in [0.3, 0.4) is 0 Å². The van der Waals surface area contributed by atoms with Gasteiger partial charge in [0.1, 0.15) is 0 Å². The number of thiophene rings is 1.